The van der Waals surface area contributed by atoms with E-state index in [0.29, 0.717) is 35.7 Å². The fourth-order valence-electron chi connectivity index (χ4n) is 6.64. The molecule has 0 aliphatic carbocycles. The summed E-state index contributed by atoms with van der Waals surface area (Å²) in [6, 6.07) is 6.37. The smallest absolute Gasteiger partial charge is 0.410 e. The Bertz CT molecular complexity index is 1510. The van der Waals surface area contributed by atoms with Crippen LogP contribution in [0.15, 0.2) is 24.4 Å². The average molecular weight is 636 g/mol. The van der Waals surface area contributed by atoms with Crippen molar-refractivity contribution in [3.63, 3.8) is 0 Å². The standard InChI is InChI=1S/C35H53N5O4Si/c1-24(2)45(25(3)4,26(5)6)21-17-30-28-22-27(15-16-31(28)40(37-30)32-14-12-13-19-42-32)29-23-36-39(11)33(29)43-20-18-38(10)34(41)44-35(7,8)9/h15-16,22-26,32H,12-14,18-20H2,1-11H3. The molecule has 9 nitrogen and oxygen atoms in total. The van der Waals surface area contributed by atoms with Crippen molar-refractivity contribution in [2.24, 2.45) is 7.05 Å². The van der Waals surface area contributed by atoms with Gasteiger partial charge in [0.15, 0.2) is 6.23 Å². The van der Waals surface area contributed by atoms with Crippen LogP contribution in [0.3, 0.4) is 0 Å². The molecule has 0 radical (unpaired) electrons. The lowest BCUT2D eigenvalue weighted by molar-refractivity contribution is -0.0367. The summed E-state index contributed by atoms with van der Waals surface area (Å²) >= 11 is 0. The van der Waals surface area contributed by atoms with Crippen molar-refractivity contribution in [1.82, 2.24) is 24.5 Å². The van der Waals surface area contributed by atoms with E-state index in [1.807, 2.05) is 38.7 Å². The molecule has 10 heteroatoms. The Balaban J connectivity index is 1.71. The topological polar surface area (TPSA) is 83.6 Å². The minimum atomic E-state index is -1.97. The Morgan fingerprint density at radius 1 is 1.13 bits per heavy atom. The van der Waals surface area contributed by atoms with Gasteiger partial charge in [0, 0.05) is 26.1 Å². The van der Waals surface area contributed by atoms with E-state index in [0.717, 1.165) is 53.6 Å². The number of aromatic nitrogens is 4. The molecule has 1 saturated heterocycles. The third kappa shape index (κ3) is 7.58. The van der Waals surface area contributed by atoms with Gasteiger partial charge in [-0.05, 0) is 74.4 Å². The SMILES string of the molecule is CC(C)[Si](C#Cc1nn(C2CCCCO2)c2ccc(-c3cnn(C)c3OCCN(C)C(=O)OC(C)(C)C)cc12)(C(C)C)C(C)C. The molecule has 1 aliphatic heterocycles. The second-order valence-electron chi connectivity index (χ2n) is 14.2. The van der Waals surface area contributed by atoms with Crippen LogP contribution in [-0.2, 0) is 16.5 Å². The maximum absolute atomic E-state index is 12.4. The van der Waals surface area contributed by atoms with E-state index in [-0.39, 0.29) is 12.3 Å². The van der Waals surface area contributed by atoms with Gasteiger partial charge in [0.2, 0.25) is 5.88 Å². The van der Waals surface area contributed by atoms with E-state index < -0.39 is 13.7 Å². The van der Waals surface area contributed by atoms with Gasteiger partial charge < -0.3 is 19.1 Å². The Morgan fingerprint density at radius 2 is 1.82 bits per heavy atom. The Labute approximate surface area is 270 Å². The fraction of sp³-hybridized carbons (Fsp3) is 0.629. The molecule has 0 bridgehead atoms. The highest BCUT2D eigenvalue weighted by molar-refractivity contribution is 6.90. The van der Waals surface area contributed by atoms with Crippen LogP contribution < -0.4 is 4.74 Å². The van der Waals surface area contributed by atoms with Gasteiger partial charge in [0.25, 0.3) is 0 Å². The molecular weight excluding hydrogens is 583 g/mol. The monoisotopic (exact) mass is 635 g/mol. The van der Waals surface area contributed by atoms with Crippen molar-refractivity contribution in [1.29, 1.82) is 0 Å². The number of hydrogen-bond acceptors (Lipinski definition) is 6. The number of fused-ring (bicyclic) bond motifs is 1. The number of benzene rings is 1. The summed E-state index contributed by atoms with van der Waals surface area (Å²) in [6.07, 6.45) is 4.48. The van der Waals surface area contributed by atoms with E-state index in [9.17, 15) is 4.79 Å². The third-order valence-corrected chi connectivity index (χ3v) is 15.3. The first kappa shape index (κ1) is 34.6. The number of hydrogen-bond donors (Lipinski definition) is 0. The molecule has 3 aromatic rings. The minimum absolute atomic E-state index is 0.0933. The lowest BCUT2D eigenvalue weighted by Gasteiger charge is -2.38. The predicted molar refractivity (Wildman–Crippen MR) is 183 cm³/mol. The zero-order chi connectivity index (χ0) is 33.1. The van der Waals surface area contributed by atoms with Gasteiger partial charge >= 0.3 is 6.09 Å². The Hall–Kier alpha value is -3.29. The molecule has 3 heterocycles. The van der Waals surface area contributed by atoms with Gasteiger partial charge in [-0.25, -0.2) is 14.2 Å². The van der Waals surface area contributed by atoms with Crippen molar-refractivity contribution in [3.05, 3.63) is 30.1 Å². The molecule has 0 N–H and O–H groups in total. The highest BCUT2D eigenvalue weighted by Gasteiger charge is 2.41. The second-order valence-corrected chi connectivity index (χ2v) is 19.8. The number of ether oxygens (including phenoxy) is 3. The summed E-state index contributed by atoms with van der Waals surface area (Å²) in [5.41, 5.74) is 8.57. The quantitative estimate of drug-likeness (QED) is 0.175. The van der Waals surface area contributed by atoms with Crippen LogP contribution in [-0.4, -0.2) is 71.0 Å². The number of carbonyl (C=O) groups is 1. The van der Waals surface area contributed by atoms with Crippen LogP contribution in [0.5, 0.6) is 5.88 Å². The highest BCUT2D eigenvalue weighted by atomic mass is 28.3. The summed E-state index contributed by atoms with van der Waals surface area (Å²) in [5.74, 6) is 4.26. The number of aryl methyl sites for hydroxylation is 1. The predicted octanol–water partition coefficient (Wildman–Crippen LogP) is 7.95. The van der Waals surface area contributed by atoms with Crippen LogP contribution in [0.1, 0.15) is 93.5 Å². The van der Waals surface area contributed by atoms with Gasteiger partial charge in [-0.1, -0.05) is 53.5 Å². The molecule has 1 atom stereocenters. The van der Waals surface area contributed by atoms with Crippen LogP contribution in [0, 0.1) is 11.5 Å². The maximum Gasteiger partial charge on any atom is 0.410 e. The van der Waals surface area contributed by atoms with E-state index in [1.165, 1.54) is 4.90 Å². The van der Waals surface area contributed by atoms with Crippen molar-refractivity contribution in [2.45, 2.75) is 110 Å². The van der Waals surface area contributed by atoms with Gasteiger partial charge in [-0.2, -0.15) is 10.2 Å². The molecule has 1 aliphatic rings. The Kier molecular flexibility index (Phi) is 10.8. The number of carbonyl (C=O) groups excluding carboxylic acids is 1. The molecule has 45 heavy (non-hydrogen) atoms. The molecule has 0 saturated carbocycles. The normalized spacial score (nSPS) is 15.9. The van der Waals surface area contributed by atoms with Crippen LogP contribution in [0.2, 0.25) is 16.6 Å². The molecule has 0 spiro atoms. The van der Waals surface area contributed by atoms with Gasteiger partial charge in [0.05, 0.1) is 23.8 Å². The zero-order valence-corrected chi connectivity index (χ0v) is 30.2. The molecule has 2 aromatic heterocycles. The molecule has 1 amide bonds. The third-order valence-electron chi connectivity index (χ3n) is 8.96. The van der Waals surface area contributed by atoms with Gasteiger partial charge in [-0.3, -0.25) is 0 Å². The molecule has 1 unspecified atom stereocenters. The first-order valence-corrected chi connectivity index (χ1v) is 18.6. The van der Waals surface area contributed by atoms with E-state index in [4.69, 9.17) is 19.3 Å². The van der Waals surface area contributed by atoms with Crippen molar-refractivity contribution in [3.8, 4) is 28.5 Å². The van der Waals surface area contributed by atoms with Crippen LogP contribution >= 0.6 is 0 Å². The van der Waals surface area contributed by atoms with E-state index in [1.54, 1.807) is 11.7 Å². The van der Waals surface area contributed by atoms with Crippen molar-refractivity contribution < 1.29 is 19.0 Å². The van der Waals surface area contributed by atoms with Crippen LogP contribution in [0.4, 0.5) is 4.79 Å². The summed E-state index contributed by atoms with van der Waals surface area (Å²) in [4.78, 5) is 13.9. The number of rotatable bonds is 9. The number of likely N-dealkylation sites (N-methyl/N-ethyl adjacent to an activating group) is 1. The first-order valence-electron chi connectivity index (χ1n) is 16.4. The Morgan fingerprint density at radius 3 is 2.42 bits per heavy atom. The molecule has 4 rings (SSSR count). The summed E-state index contributed by atoms with van der Waals surface area (Å²) in [6.45, 7) is 21.0. The largest absolute Gasteiger partial charge is 0.476 e. The van der Waals surface area contributed by atoms with E-state index in [2.05, 4.69) is 76.3 Å². The molecular formula is C35H53N5O4Si. The molecule has 246 valence electrons. The van der Waals surface area contributed by atoms with Gasteiger partial charge in [0.1, 0.15) is 26.0 Å². The lowest BCUT2D eigenvalue weighted by atomic mass is 10.1. The van der Waals surface area contributed by atoms with Crippen molar-refractivity contribution >= 4 is 25.1 Å². The molecule has 1 aromatic carbocycles. The lowest BCUT2D eigenvalue weighted by Crippen LogP contribution is -2.43. The number of amides is 1. The van der Waals surface area contributed by atoms with Crippen LogP contribution in [0.25, 0.3) is 22.0 Å². The summed E-state index contributed by atoms with van der Waals surface area (Å²) < 4.78 is 21.6. The van der Waals surface area contributed by atoms with Gasteiger partial charge in [-0.15, -0.1) is 5.54 Å². The summed E-state index contributed by atoms with van der Waals surface area (Å²) in [5, 5.41) is 10.6. The molecule has 1 fully saturated rings. The average Bonchev–Trinajstić information content (AvgIpc) is 3.52. The zero-order valence-electron chi connectivity index (χ0n) is 29.2. The second kappa shape index (κ2) is 14.0. The highest BCUT2D eigenvalue weighted by Crippen LogP contribution is 2.41. The fourth-order valence-corrected chi connectivity index (χ4v) is 11.8. The summed E-state index contributed by atoms with van der Waals surface area (Å²) in [7, 11) is 1.60. The van der Waals surface area contributed by atoms with E-state index >= 15 is 0 Å². The minimum Gasteiger partial charge on any atom is -0.476 e. The first-order chi connectivity index (χ1) is 21.2. The van der Waals surface area contributed by atoms with Crippen molar-refractivity contribution in [2.75, 3.05) is 26.8 Å². The maximum atomic E-state index is 12.4. The number of nitrogens with zero attached hydrogens (tertiary/aromatic N) is 5.